The largest absolute Gasteiger partial charge is 0.376 e. The Labute approximate surface area is 95.0 Å². The molecule has 0 saturated carbocycles. The molecule has 1 rings (SSSR count). The van der Waals surface area contributed by atoms with Gasteiger partial charge < -0.3 is 10.6 Å². The molecule has 2 N–H and O–H groups in total. The third-order valence-corrected chi connectivity index (χ3v) is 2.16. The number of hydrogen-bond donors (Lipinski definition) is 2. The van der Waals surface area contributed by atoms with Crippen LogP contribution in [0.25, 0.3) is 0 Å². The second-order valence-electron chi connectivity index (χ2n) is 3.99. The monoisotopic (exact) mass is 224 g/mol. The SMILES string of the molecule is Cc1c(F)cccc1NCC(=O)NC(C)C. The van der Waals surface area contributed by atoms with Gasteiger partial charge in [0.05, 0.1) is 6.54 Å². The molecule has 0 atom stereocenters. The first-order chi connectivity index (χ1) is 7.50. The number of rotatable bonds is 4. The van der Waals surface area contributed by atoms with E-state index in [9.17, 15) is 9.18 Å². The van der Waals surface area contributed by atoms with E-state index in [2.05, 4.69) is 10.6 Å². The van der Waals surface area contributed by atoms with Gasteiger partial charge in [-0.15, -0.1) is 0 Å². The quantitative estimate of drug-likeness (QED) is 0.822. The van der Waals surface area contributed by atoms with Gasteiger partial charge in [0, 0.05) is 17.3 Å². The molecule has 0 bridgehead atoms. The van der Waals surface area contributed by atoms with E-state index in [1.165, 1.54) is 6.07 Å². The highest BCUT2D eigenvalue weighted by Crippen LogP contribution is 2.16. The molecule has 1 amide bonds. The van der Waals surface area contributed by atoms with Crippen molar-refractivity contribution in [1.82, 2.24) is 5.32 Å². The zero-order valence-corrected chi connectivity index (χ0v) is 9.80. The van der Waals surface area contributed by atoms with E-state index in [4.69, 9.17) is 0 Å². The molecule has 0 aliphatic heterocycles. The number of anilines is 1. The topological polar surface area (TPSA) is 41.1 Å². The summed E-state index contributed by atoms with van der Waals surface area (Å²) < 4.78 is 13.2. The molecule has 0 saturated heterocycles. The van der Waals surface area contributed by atoms with E-state index in [0.717, 1.165) is 0 Å². The van der Waals surface area contributed by atoms with Gasteiger partial charge in [0.25, 0.3) is 0 Å². The number of hydrogen-bond acceptors (Lipinski definition) is 2. The fraction of sp³-hybridized carbons (Fsp3) is 0.417. The lowest BCUT2D eigenvalue weighted by Crippen LogP contribution is -2.34. The van der Waals surface area contributed by atoms with Gasteiger partial charge in [-0.1, -0.05) is 6.07 Å². The van der Waals surface area contributed by atoms with E-state index in [1.54, 1.807) is 19.1 Å². The smallest absolute Gasteiger partial charge is 0.239 e. The van der Waals surface area contributed by atoms with Crippen molar-refractivity contribution in [3.63, 3.8) is 0 Å². The molecule has 0 radical (unpaired) electrons. The molecule has 0 spiro atoms. The number of benzene rings is 1. The minimum Gasteiger partial charge on any atom is -0.376 e. The van der Waals surface area contributed by atoms with Gasteiger partial charge in [-0.3, -0.25) is 4.79 Å². The van der Waals surface area contributed by atoms with Crippen molar-refractivity contribution >= 4 is 11.6 Å². The van der Waals surface area contributed by atoms with Crippen LogP contribution in [0.1, 0.15) is 19.4 Å². The van der Waals surface area contributed by atoms with Crippen LogP contribution in [0.2, 0.25) is 0 Å². The number of amides is 1. The van der Waals surface area contributed by atoms with Gasteiger partial charge in [-0.25, -0.2) is 4.39 Å². The fourth-order valence-corrected chi connectivity index (χ4v) is 1.35. The van der Waals surface area contributed by atoms with Crippen molar-refractivity contribution < 1.29 is 9.18 Å². The molecule has 1 aromatic rings. The molecule has 3 nitrogen and oxygen atoms in total. The maximum atomic E-state index is 13.2. The number of carbonyl (C=O) groups is 1. The molecule has 0 heterocycles. The second-order valence-corrected chi connectivity index (χ2v) is 3.99. The Morgan fingerprint density at radius 2 is 2.12 bits per heavy atom. The molecule has 4 heteroatoms. The summed E-state index contributed by atoms with van der Waals surface area (Å²) in [4.78, 5) is 11.4. The summed E-state index contributed by atoms with van der Waals surface area (Å²) in [5, 5.41) is 5.66. The average Bonchev–Trinajstić information content (AvgIpc) is 2.19. The fourth-order valence-electron chi connectivity index (χ4n) is 1.35. The lowest BCUT2D eigenvalue weighted by atomic mass is 10.2. The van der Waals surface area contributed by atoms with Crippen LogP contribution in [0, 0.1) is 12.7 Å². The summed E-state index contributed by atoms with van der Waals surface area (Å²) in [6, 6.07) is 4.88. The van der Waals surface area contributed by atoms with Crippen LogP contribution in [-0.2, 0) is 4.79 Å². The van der Waals surface area contributed by atoms with Crippen LogP contribution >= 0.6 is 0 Å². The summed E-state index contributed by atoms with van der Waals surface area (Å²) in [7, 11) is 0. The third kappa shape index (κ3) is 3.53. The van der Waals surface area contributed by atoms with Gasteiger partial charge in [-0.2, -0.15) is 0 Å². The van der Waals surface area contributed by atoms with Gasteiger partial charge in [0.2, 0.25) is 5.91 Å². The highest BCUT2D eigenvalue weighted by atomic mass is 19.1. The van der Waals surface area contributed by atoms with Crippen molar-refractivity contribution in [2.45, 2.75) is 26.8 Å². The summed E-state index contributed by atoms with van der Waals surface area (Å²) in [5.41, 5.74) is 1.18. The van der Waals surface area contributed by atoms with Crippen LogP contribution in [0.3, 0.4) is 0 Å². The Kier molecular flexibility index (Phi) is 4.28. The Balaban J connectivity index is 2.55. The van der Waals surface area contributed by atoms with Crippen molar-refractivity contribution in [3.05, 3.63) is 29.6 Å². The molecular weight excluding hydrogens is 207 g/mol. The van der Waals surface area contributed by atoms with Gasteiger partial charge in [-0.05, 0) is 32.9 Å². The molecular formula is C12H17FN2O. The maximum Gasteiger partial charge on any atom is 0.239 e. The summed E-state index contributed by atoms with van der Waals surface area (Å²) in [6.07, 6.45) is 0. The van der Waals surface area contributed by atoms with E-state index >= 15 is 0 Å². The molecule has 16 heavy (non-hydrogen) atoms. The summed E-state index contributed by atoms with van der Waals surface area (Å²) >= 11 is 0. The average molecular weight is 224 g/mol. The minimum absolute atomic E-state index is 0.0985. The number of nitrogens with one attached hydrogen (secondary N) is 2. The van der Waals surface area contributed by atoms with E-state index in [1.807, 2.05) is 13.8 Å². The first-order valence-electron chi connectivity index (χ1n) is 5.29. The zero-order valence-electron chi connectivity index (χ0n) is 9.80. The van der Waals surface area contributed by atoms with Crippen LogP contribution in [0.15, 0.2) is 18.2 Å². The molecule has 0 unspecified atom stereocenters. The molecule has 88 valence electrons. The summed E-state index contributed by atoms with van der Waals surface area (Å²) in [5.74, 6) is -0.368. The third-order valence-electron chi connectivity index (χ3n) is 2.16. The second kappa shape index (κ2) is 5.49. The molecule has 1 aromatic carbocycles. The van der Waals surface area contributed by atoms with Gasteiger partial charge >= 0.3 is 0 Å². The standard InChI is InChI=1S/C12H17FN2O/c1-8(2)15-12(16)7-14-11-6-4-5-10(13)9(11)3/h4-6,8,14H,7H2,1-3H3,(H,15,16). The van der Waals surface area contributed by atoms with E-state index in [0.29, 0.717) is 11.3 Å². The minimum atomic E-state index is -0.269. The first-order valence-corrected chi connectivity index (χ1v) is 5.29. The van der Waals surface area contributed by atoms with E-state index < -0.39 is 0 Å². The normalized spacial score (nSPS) is 10.3. The van der Waals surface area contributed by atoms with Crippen molar-refractivity contribution in [3.8, 4) is 0 Å². The van der Waals surface area contributed by atoms with Crippen molar-refractivity contribution in [2.75, 3.05) is 11.9 Å². The molecule has 0 aromatic heterocycles. The predicted molar refractivity (Wildman–Crippen MR) is 62.9 cm³/mol. The van der Waals surface area contributed by atoms with Crippen LogP contribution < -0.4 is 10.6 Å². The number of halogens is 1. The van der Waals surface area contributed by atoms with Crippen LogP contribution in [0.4, 0.5) is 10.1 Å². The first kappa shape index (κ1) is 12.5. The highest BCUT2D eigenvalue weighted by molar-refractivity contribution is 5.81. The number of carbonyl (C=O) groups excluding carboxylic acids is 1. The Hall–Kier alpha value is -1.58. The maximum absolute atomic E-state index is 13.2. The highest BCUT2D eigenvalue weighted by Gasteiger charge is 2.06. The molecule has 0 aliphatic rings. The molecule has 0 fully saturated rings. The Bertz CT molecular complexity index is 377. The lowest BCUT2D eigenvalue weighted by molar-refractivity contribution is -0.119. The zero-order chi connectivity index (χ0) is 12.1. The van der Waals surface area contributed by atoms with E-state index in [-0.39, 0.29) is 24.3 Å². The van der Waals surface area contributed by atoms with Gasteiger partial charge in [0.1, 0.15) is 5.82 Å². The van der Waals surface area contributed by atoms with Crippen LogP contribution in [0.5, 0.6) is 0 Å². The lowest BCUT2D eigenvalue weighted by Gasteiger charge is -2.11. The molecule has 0 aliphatic carbocycles. The Morgan fingerprint density at radius 1 is 1.44 bits per heavy atom. The summed E-state index contributed by atoms with van der Waals surface area (Å²) in [6.45, 7) is 5.62. The van der Waals surface area contributed by atoms with Gasteiger partial charge in [0.15, 0.2) is 0 Å². The van der Waals surface area contributed by atoms with Crippen molar-refractivity contribution in [2.24, 2.45) is 0 Å². The van der Waals surface area contributed by atoms with Crippen LogP contribution in [-0.4, -0.2) is 18.5 Å². The van der Waals surface area contributed by atoms with Crippen molar-refractivity contribution in [1.29, 1.82) is 0 Å². The predicted octanol–water partition coefficient (Wildman–Crippen LogP) is 2.07. The Morgan fingerprint density at radius 3 is 2.75 bits per heavy atom.